The van der Waals surface area contributed by atoms with Crippen LogP contribution < -0.4 is 24.4 Å². The second-order valence-electron chi connectivity index (χ2n) is 10.0. The molecule has 0 bridgehead atoms. The van der Waals surface area contributed by atoms with Crippen LogP contribution in [0.3, 0.4) is 0 Å². The molecule has 0 saturated carbocycles. The number of carboxylic acids is 1. The number of rotatable bonds is 10. The number of esters is 1. The SMILES string of the molecule is CCCC1=C(C(=O)OCC)[C@@H](c2cc(OC)ccc2OC)n2c(s/c(=C\c3ccc(-c4cccc(C(=O)O)c4C)o3)c2=O)=N1. The van der Waals surface area contributed by atoms with Crippen LogP contribution in [-0.4, -0.2) is 42.4 Å². The van der Waals surface area contributed by atoms with Gasteiger partial charge in [-0.2, -0.15) is 0 Å². The highest BCUT2D eigenvalue weighted by atomic mass is 32.1. The highest BCUT2D eigenvalue weighted by molar-refractivity contribution is 7.07. The van der Waals surface area contributed by atoms with Crippen LogP contribution in [0.5, 0.6) is 11.5 Å². The molecule has 1 N–H and O–H groups in total. The number of nitrogens with zero attached hydrogens (tertiary/aromatic N) is 2. The highest BCUT2D eigenvalue weighted by Crippen LogP contribution is 2.39. The summed E-state index contributed by atoms with van der Waals surface area (Å²) in [6, 6.07) is 12.8. The average molecular weight is 617 g/mol. The summed E-state index contributed by atoms with van der Waals surface area (Å²) in [6.07, 6.45) is 2.84. The smallest absolute Gasteiger partial charge is 0.338 e. The van der Waals surface area contributed by atoms with Gasteiger partial charge in [0.05, 0.1) is 42.2 Å². The van der Waals surface area contributed by atoms with E-state index in [1.165, 1.54) is 29.1 Å². The number of furan rings is 1. The van der Waals surface area contributed by atoms with Crippen molar-refractivity contribution in [1.82, 2.24) is 4.57 Å². The molecule has 44 heavy (non-hydrogen) atoms. The first-order valence-electron chi connectivity index (χ1n) is 14.1. The van der Waals surface area contributed by atoms with E-state index in [1.807, 2.05) is 6.92 Å². The number of fused-ring (bicyclic) bond motifs is 1. The lowest BCUT2D eigenvalue weighted by molar-refractivity contribution is -0.139. The molecule has 0 saturated heterocycles. The number of carboxylic acid groups (broad SMARTS) is 1. The fourth-order valence-electron chi connectivity index (χ4n) is 5.31. The Bertz CT molecular complexity index is 1960. The normalized spacial score (nSPS) is 14.7. The molecule has 0 radical (unpaired) electrons. The number of benzene rings is 2. The third kappa shape index (κ3) is 5.58. The quantitative estimate of drug-likeness (QED) is 0.250. The predicted molar refractivity (Wildman–Crippen MR) is 165 cm³/mol. The van der Waals surface area contributed by atoms with E-state index in [9.17, 15) is 19.5 Å². The summed E-state index contributed by atoms with van der Waals surface area (Å²) in [6.45, 7) is 5.60. The van der Waals surface area contributed by atoms with Crippen LogP contribution in [0.1, 0.15) is 60.0 Å². The molecule has 0 aliphatic carbocycles. The van der Waals surface area contributed by atoms with Gasteiger partial charge in [-0.3, -0.25) is 9.36 Å². The number of carbonyl (C=O) groups is 2. The number of allylic oxidation sites excluding steroid dienone is 1. The highest BCUT2D eigenvalue weighted by Gasteiger charge is 2.36. The molecular formula is C33H32N2O8S. The standard InChI is InChI=1S/C33H32N2O8S/c1-6-9-24-28(32(39)42-7-2)29(23-16-19(40-4)12-14-25(23)41-5)35-30(36)27(44-33(35)34-24)17-20-13-15-26(43-20)21-10-8-11-22(18(21)3)31(37)38/h8,10-17,29H,6-7,9H2,1-5H3,(H,37,38)/b27-17-/t29-/m1/s1. The summed E-state index contributed by atoms with van der Waals surface area (Å²) in [7, 11) is 3.07. The number of thiazole rings is 1. The zero-order valence-corrected chi connectivity index (χ0v) is 25.8. The molecule has 1 aliphatic rings. The van der Waals surface area contributed by atoms with Crippen molar-refractivity contribution in [1.29, 1.82) is 0 Å². The molecule has 11 heteroatoms. The molecule has 3 heterocycles. The molecule has 0 fully saturated rings. The second-order valence-corrected chi connectivity index (χ2v) is 11.0. The van der Waals surface area contributed by atoms with Crippen molar-refractivity contribution in [2.45, 2.75) is 39.7 Å². The van der Waals surface area contributed by atoms with Gasteiger partial charge in [-0.05, 0) is 62.2 Å². The van der Waals surface area contributed by atoms with Crippen molar-refractivity contribution in [2.24, 2.45) is 4.99 Å². The monoisotopic (exact) mass is 616 g/mol. The van der Waals surface area contributed by atoms with E-state index in [0.29, 0.717) is 61.2 Å². The van der Waals surface area contributed by atoms with E-state index < -0.39 is 18.0 Å². The summed E-state index contributed by atoms with van der Waals surface area (Å²) in [5.74, 6) is 0.297. The van der Waals surface area contributed by atoms with Gasteiger partial charge in [-0.25, -0.2) is 14.6 Å². The predicted octanol–water partition coefficient (Wildman–Crippen LogP) is 4.86. The van der Waals surface area contributed by atoms with E-state index in [4.69, 9.17) is 23.6 Å². The van der Waals surface area contributed by atoms with Crippen LogP contribution in [0, 0.1) is 6.92 Å². The van der Waals surface area contributed by atoms with Crippen LogP contribution in [-0.2, 0) is 9.53 Å². The van der Waals surface area contributed by atoms with Crippen molar-refractivity contribution in [3.63, 3.8) is 0 Å². The van der Waals surface area contributed by atoms with Gasteiger partial charge in [0, 0.05) is 17.2 Å². The molecule has 2 aromatic carbocycles. The minimum Gasteiger partial charge on any atom is -0.497 e. The number of aromatic nitrogens is 1. The van der Waals surface area contributed by atoms with Gasteiger partial charge in [0.2, 0.25) is 0 Å². The molecule has 0 unspecified atom stereocenters. The van der Waals surface area contributed by atoms with Crippen molar-refractivity contribution < 1.29 is 33.3 Å². The Hall–Kier alpha value is -4.90. The van der Waals surface area contributed by atoms with Gasteiger partial charge < -0.3 is 23.7 Å². The van der Waals surface area contributed by atoms with Crippen LogP contribution >= 0.6 is 11.3 Å². The number of carbonyl (C=O) groups excluding carboxylic acids is 1. The lowest BCUT2D eigenvalue weighted by atomic mass is 9.93. The van der Waals surface area contributed by atoms with Gasteiger partial charge in [0.1, 0.15) is 29.1 Å². The third-order valence-corrected chi connectivity index (χ3v) is 8.34. The lowest BCUT2D eigenvalue weighted by Crippen LogP contribution is -2.40. The number of ether oxygens (including phenoxy) is 3. The van der Waals surface area contributed by atoms with E-state index in [-0.39, 0.29) is 23.3 Å². The summed E-state index contributed by atoms with van der Waals surface area (Å²) in [5.41, 5.74) is 2.39. The largest absolute Gasteiger partial charge is 0.497 e. The first-order valence-corrected chi connectivity index (χ1v) is 14.9. The molecule has 2 aromatic heterocycles. The van der Waals surface area contributed by atoms with E-state index in [2.05, 4.69) is 0 Å². The third-order valence-electron chi connectivity index (χ3n) is 7.35. The second kappa shape index (κ2) is 12.8. The summed E-state index contributed by atoms with van der Waals surface area (Å²) in [4.78, 5) is 44.5. The first kappa shape index (κ1) is 30.6. The average Bonchev–Trinajstić information content (AvgIpc) is 3.60. The Morgan fingerprint density at radius 2 is 1.91 bits per heavy atom. The van der Waals surface area contributed by atoms with Crippen LogP contribution in [0.15, 0.2) is 74.0 Å². The molecule has 1 atom stereocenters. The fraction of sp³-hybridized carbons (Fsp3) is 0.273. The molecule has 5 rings (SSSR count). The Morgan fingerprint density at radius 3 is 2.59 bits per heavy atom. The Balaban J connectivity index is 1.71. The van der Waals surface area contributed by atoms with Gasteiger partial charge in [-0.1, -0.05) is 36.8 Å². The fourth-order valence-corrected chi connectivity index (χ4v) is 6.31. The minimum absolute atomic E-state index is 0.157. The topological polar surface area (TPSA) is 130 Å². The molecular weight excluding hydrogens is 584 g/mol. The zero-order valence-electron chi connectivity index (χ0n) is 25.0. The van der Waals surface area contributed by atoms with Crippen molar-refractivity contribution >= 4 is 29.4 Å². The van der Waals surface area contributed by atoms with E-state index >= 15 is 0 Å². The van der Waals surface area contributed by atoms with E-state index in [1.54, 1.807) is 69.5 Å². The maximum absolute atomic E-state index is 14.1. The number of hydrogen-bond acceptors (Lipinski definition) is 9. The Kier molecular flexibility index (Phi) is 8.86. The van der Waals surface area contributed by atoms with Gasteiger partial charge in [-0.15, -0.1) is 0 Å². The number of hydrogen-bond donors (Lipinski definition) is 1. The summed E-state index contributed by atoms with van der Waals surface area (Å²) in [5, 5.41) is 9.52. The van der Waals surface area contributed by atoms with E-state index in [0.717, 1.165) is 6.42 Å². The number of aromatic carboxylic acids is 1. The first-order chi connectivity index (χ1) is 21.2. The Labute approximate surface area is 257 Å². The van der Waals surface area contributed by atoms with Gasteiger partial charge in [0.15, 0.2) is 4.80 Å². The van der Waals surface area contributed by atoms with Crippen molar-refractivity contribution in [3.8, 4) is 22.8 Å². The van der Waals surface area contributed by atoms with Crippen molar-refractivity contribution in [2.75, 3.05) is 20.8 Å². The van der Waals surface area contributed by atoms with Crippen LogP contribution in [0.2, 0.25) is 0 Å². The van der Waals surface area contributed by atoms with Gasteiger partial charge >= 0.3 is 11.9 Å². The lowest BCUT2D eigenvalue weighted by Gasteiger charge is -2.27. The maximum atomic E-state index is 14.1. The molecule has 4 aromatic rings. The summed E-state index contributed by atoms with van der Waals surface area (Å²) < 4.78 is 24.5. The van der Waals surface area contributed by atoms with Crippen LogP contribution in [0.4, 0.5) is 0 Å². The number of methoxy groups -OCH3 is 2. The minimum atomic E-state index is -1.02. The Morgan fingerprint density at radius 1 is 1.11 bits per heavy atom. The molecule has 1 aliphatic heterocycles. The molecule has 10 nitrogen and oxygen atoms in total. The zero-order chi connectivity index (χ0) is 31.5. The molecule has 0 amide bonds. The van der Waals surface area contributed by atoms with Crippen molar-refractivity contribution in [3.05, 3.63) is 102 Å². The van der Waals surface area contributed by atoms with Crippen LogP contribution in [0.25, 0.3) is 17.4 Å². The maximum Gasteiger partial charge on any atom is 0.338 e. The summed E-state index contributed by atoms with van der Waals surface area (Å²) >= 11 is 1.18. The molecule has 228 valence electrons. The molecule has 0 spiro atoms. The van der Waals surface area contributed by atoms with Gasteiger partial charge in [0.25, 0.3) is 5.56 Å².